The molecule has 35 heteroatoms. The van der Waals surface area contributed by atoms with Crippen LogP contribution in [0.15, 0.2) is 170 Å². The molecule has 131 heavy (non-hydrogen) atoms. The molecule has 0 saturated carbocycles. The van der Waals surface area contributed by atoms with Crippen molar-refractivity contribution >= 4 is 111 Å². The van der Waals surface area contributed by atoms with E-state index in [1.165, 1.54) is 77.1 Å². The van der Waals surface area contributed by atoms with Gasteiger partial charge in [-0.1, -0.05) is 181 Å². The number of para-hydroxylation sites is 1. The van der Waals surface area contributed by atoms with Gasteiger partial charge in [-0.2, -0.15) is 0 Å². The lowest BCUT2D eigenvalue weighted by Crippen LogP contribution is -2.62. The fourth-order valence-electron chi connectivity index (χ4n) is 16.7. The monoisotopic (exact) mass is 1820 g/mol. The number of nitrogens with two attached hydrogens (primary N) is 1. The van der Waals surface area contributed by atoms with E-state index < -0.39 is 192 Å². The van der Waals surface area contributed by atoms with Crippen molar-refractivity contribution in [2.75, 3.05) is 58.9 Å². The first-order valence-electron chi connectivity index (χ1n) is 44.5. The molecule has 1 aromatic heterocycles. The van der Waals surface area contributed by atoms with Crippen molar-refractivity contribution in [2.24, 2.45) is 17.6 Å². The first kappa shape index (κ1) is 100.0. The van der Waals surface area contributed by atoms with Gasteiger partial charge in [0.15, 0.2) is 0 Å². The number of carbonyl (C=O) groups excluding carboxylic acids is 15. The number of H-pyrrole nitrogens is 1. The highest BCUT2D eigenvalue weighted by Crippen LogP contribution is 2.28. The number of aromatic amines is 1. The molecule has 7 aromatic rings. The van der Waals surface area contributed by atoms with E-state index in [9.17, 15) is 39.3 Å². The van der Waals surface area contributed by atoms with Crippen molar-refractivity contribution in [2.45, 2.75) is 203 Å². The molecule has 4 heterocycles. The lowest BCUT2D eigenvalue weighted by atomic mass is 9.98. The van der Waals surface area contributed by atoms with Crippen molar-refractivity contribution < 1.29 is 87.2 Å². The van der Waals surface area contributed by atoms with Gasteiger partial charge in [0.1, 0.15) is 90.0 Å². The normalized spacial score (nSPS) is 23.8. The minimum absolute atomic E-state index is 0.0340. The summed E-state index contributed by atoms with van der Waals surface area (Å²) < 4.78 is 0. The number of unbranched alkanes of at least 4 members (excludes halogenated alkanes) is 1. The molecule has 15 amide bonds. The number of phenols is 2. The molecule has 0 spiro atoms. The van der Waals surface area contributed by atoms with Gasteiger partial charge in [-0.15, -0.1) is 11.8 Å². The van der Waals surface area contributed by atoms with E-state index in [1.807, 2.05) is 6.92 Å². The lowest BCUT2D eigenvalue weighted by Gasteiger charge is -2.38. The Morgan fingerprint density at radius 2 is 0.916 bits per heavy atom. The number of aliphatic hydroxyl groups is 1. The molecule has 34 nitrogen and oxygen atoms in total. The molecule has 3 aliphatic rings. The van der Waals surface area contributed by atoms with Crippen molar-refractivity contribution in [3.05, 3.63) is 203 Å². The van der Waals surface area contributed by atoms with Crippen LogP contribution in [0.5, 0.6) is 11.5 Å². The van der Waals surface area contributed by atoms with E-state index in [-0.39, 0.29) is 107 Å². The Hall–Kier alpha value is -13.2. The van der Waals surface area contributed by atoms with Crippen LogP contribution in [-0.4, -0.2) is 271 Å². The van der Waals surface area contributed by atoms with E-state index in [2.05, 4.69) is 52.8 Å². The van der Waals surface area contributed by atoms with Crippen molar-refractivity contribution in [3.63, 3.8) is 0 Å². The number of hydrogen-bond acceptors (Lipinski definition) is 19. The standard InChI is InChI=1S/C96H122N16O18S/c1-9-10-32-78-95(129)112-44-23-34-77(112)90(124)105-74(54-113)88(122)107-83(58(4)5)96(130)109(7)79(49-60-26-16-12-17-27-60)91(125)104-73(48-63-37-41-66(115)42-38-63)93(127)111-43-22-33-76(111)89(123)103-71(51-64-52-98-68-31-21-20-30-67(64)68)87(121)102-70(46-62-35-39-65(114)40-36-62)86(120)101-69(45-57(2)3)85(119)106-75(84(118)99-53-81(97)116)55-131-56-82(117)100-72(47-59-24-14-11-15-25-59)92(126)110(8)80(94(128)108(78)6)50-61-28-18-13-19-29-61/h11-21,24-31,35-42,52,57-58,69-80,83,98,113-115H,9-10,22-23,32-34,43-51,53-56H2,1-8H3,(H2,97,116)(H,99,118)(H,100,117)(H,101,120)(H,102,121)(H,103,123)(H,104,125)(H,105,124)(H,106,119)(H,107,122)/t69-,70-,71-,72-,73-,74-,75-,76+,77+,78-,79-,80-,83-/m0/s1. The molecule has 0 radical (unpaired) electrons. The summed E-state index contributed by atoms with van der Waals surface area (Å²) in [5, 5.41) is 57.3. The van der Waals surface area contributed by atoms with Gasteiger partial charge in [-0.3, -0.25) is 71.9 Å². The number of fused-ring (bicyclic) bond motifs is 3. The van der Waals surface area contributed by atoms with E-state index in [4.69, 9.17) is 5.73 Å². The van der Waals surface area contributed by atoms with E-state index in [1.54, 1.807) is 161 Å². The number of carbonyl (C=O) groups is 15. The Morgan fingerprint density at radius 1 is 0.466 bits per heavy atom. The minimum Gasteiger partial charge on any atom is -0.508 e. The predicted molar refractivity (Wildman–Crippen MR) is 491 cm³/mol. The zero-order valence-corrected chi connectivity index (χ0v) is 76.0. The number of benzene rings is 6. The van der Waals surface area contributed by atoms with Gasteiger partial charge in [0.25, 0.3) is 0 Å². The molecule has 3 aliphatic heterocycles. The highest BCUT2D eigenvalue weighted by Gasteiger charge is 2.46. The summed E-state index contributed by atoms with van der Waals surface area (Å²) in [4.78, 5) is 235. The molecule has 3 fully saturated rings. The van der Waals surface area contributed by atoms with E-state index in [0.29, 0.717) is 63.5 Å². The molecule has 0 bridgehead atoms. The van der Waals surface area contributed by atoms with Crippen LogP contribution < -0.4 is 53.6 Å². The average molecular weight is 1820 g/mol. The molecule has 0 aliphatic carbocycles. The molecular formula is C96H122N16O18S. The number of aromatic nitrogens is 1. The minimum atomic E-state index is -1.73. The summed E-state index contributed by atoms with van der Waals surface area (Å²) in [6, 6.07) is 26.1. The smallest absolute Gasteiger partial charge is 0.246 e. The molecule has 700 valence electrons. The predicted octanol–water partition coefficient (Wildman–Crippen LogP) is 2.91. The molecule has 13 atom stereocenters. The third kappa shape index (κ3) is 27.7. The SMILES string of the molecule is CCCC[C@H]1C(=O)N2CCC[C@@H]2C(=O)N[C@@H](CO)C(=O)N[C@@H](C(C)C)C(=O)N(C)[C@@H](Cc2ccccc2)C(=O)N[C@@H](Cc2ccc(O)cc2)C(=O)N2CCC[C@@H]2C(=O)N[C@@H](Cc2c[nH]c3ccccc23)C(=O)N[C@@H](Cc2ccc(O)cc2)C(=O)N[C@@H](CC(C)C)C(=O)N[C@H](C(=O)NCC(N)=O)CSCC(=O)N[C@@H](Cc2ccccc2)C(=O)N(C)[C@@H](Cc2ccccc2)C(=O)N1C. The summed E-state index contributed by atoms with van der Waals surface area (Å²) in [6.07, 6.45) is 2.27. The van der Waals surface area contributed by atoms with Crippen LogP contribution in [-0.2, 0) is 110 Å². The summed E-state index contributed by atoms with van der Waals surface area (Å²) >= 11 is 0.852. The molecular weight excluding hydrogens is 1700 g/mol. The Labute approximate surface area is 766 Å². The van der Waals surface area contributed by atoms with Gasteiger partial charge in [0, 0.05) is 95.6 Å². The van der Waals surface area contributed by atoms with Crippen LogP contribution in [0, 0.1) is 11.8 Å². The highest BCUT2D eigenvalue weighted by atomic mass is 32.2. The van der Waals surface area contributed by atoms with Gasteiger partial charge in [0.2, 0.25) is 88.6 Å². The van der Waals surface area contributed by atoms with Gasteiger partial charge in [0.05, 0.1) is 18.9 Å². The number of likely N-dealkylation sites (N-methyl/N-ethyl adjacent to an activating group) is 3. The molecule has 10 rings (SSSR count). The van der Waals surface area contributed by atoms with Crippen molar-refractivity contribution in [1.82, 2.24) is 77.3 Å². The fourth-order valence-corrected chi connectivity index (χ4v) is 17.6. The Kier molecular flexibility index (Phi) is 36.6. The second-order valence-corrected chi connectivity index (χ2v) is 35.5. The third-order valence-corrected chi connectivity index (χ3v) is 25.0. The van der Waals surface area contributed by atoms with Crippen molar-refractivity contribution in [1.29, 1.82) is 0 Å². The topological polar surface area (TPSA) is 483 Å². The largest absolute Gasteiger partial charge is 0.508 e. The second kappa shape index (κ2) is 47.9. The number of rotatable bonds is 22. The molecule has 6 aromatic carbocycles. The van der Waals surface area contributed by atoms with Crippen LogP contribution in [0.25, 0.3) is 10.9 Å². The van der Waals surface area contributed by atoms with Crippen LogP contribution in [0.3, 0.4) is 0 Å². The number of phenolic OH excluding ortho intramolecular Hbond substituents is 2. The Balaban J connectivity index is 1.04. The summed E-state index contributed by atoms with van der Waals surface area (Å²) in [7, 11) is 4.19. The molecule has 15 N–H and O–H groups in total. The first-order chi connectivity index (χ1) is 62.7. The van der Waals surface area contributed by atoms with Crippen molar-refractivity contribution in [3.8, 4) is 11.5 Å². The van der Waals surface area contributed by atoms with Crippen LogP contribution >= 0.6 is 11.8 Å². The van der Waals surface area contributed by atoms with E-state index in [0.717, 1.165) is 16.7 Å². The number of aromatic hydroxyl groups is 2. The average Bonchev–Trinajstić information content (AvgIpc) is 1.79. The number of thioether (sulfide) groups is 1. The number of nitrogens with one attached hydrogen (secondary N) is 10. The second-order valence-electron chi connectivity index (χ2n) is 34.5. The number of hydrogen-bond donors (Lipinski definition) is 14. The summed E-state index contributed by atoms with van der Waals surface area (Å²) in [5.74, 6) is -14.6. The Bertz CT molecular complexity index is 5150. The number of aliphatic hydroxyl groups excluding tert-OH is 1. The van der Waals surface area contributed by atoms with Crippen LogP contribution in [0.1, 0.15) is 119 Å². The maximum Gasteiger partial charge on any atom is 0.246 e. The maximum absolute atomic E-state index is 15.8. The van der Waals surface area contributed by atoms with Crippen LogP contribution in [0.2, 0.25) is 0 Å². The number of primary amides is 1. The number of nitrogens with zero attached hydrogens (tertiary/aromatic N) is 5. The van der Waals surface area contributed by atoms with Gasteiger partial charge < -0.3 is 98.4 Å². The summed E-state index contributed by atoms with van der Waals surface area (Å²) in [6.45, 7) is 7.02. The first-order valence-corrected chi connectivity index (χ1v) is 45.7. The quantitative estimate of drug-likeness (QED) is 0.0464. The number of amides is 15. The van der Waals surface area contributed by atoms with E-state index >= 15 is 47.9 Å². The molecule has 3 saturated heterocycles. The highest BCUT2D eigenvalue weighted by molar-refractivity contribution is 8.00. The fraction of sp³-hybridized carbons (Fsp3) is 0.448. The van der Waals surface area contributed by atoms with Gasteiger partial charge in [-0.05, 0) is 114 Å². The van der Waals surface area contributed by atoms with Crippen LogP contribution in [0.4, 0.5) is 0 Å². The maximum atomic E-state index is 15.8. The molecule has 0 unspecified atom stereocenters. The lowest BCUT2D eigenvalue weighted by molar-refractivity contribution is -0.152. The third-order valence-electron chi connectivity index (χ3n) is 24.0. The summed E-state index contributed by atoms with van der Waals surface area (Å²) in [5.41, 5.74) is 9.37. The zero-order chi connectivity index (χ0) is 94.7. The van der Waals surface area contributed by atoms with Gasteiger partial charge in [-0.25, -0.2) is 0 Å². The Morgan fingerprint density at radius 3 is 1.46 bits per heavy atom. The van der Waals surface area contributed by atoms with Gasteiger partial charge >= 0.3 is 0 Å². The zero-order valence-electron chi connectivity index (χ0n) is 75.2.